The smallest absolute Gasteiger partial charge is 0.251 e. The molecule has 0 heterocycles. The summed E-state index contributed by atoms with van der Waals surface area (Å²) in [6.07, 6.45) is 1.06. The third kappa shape index (κ3) is 3.08. The Morgan fingerprint density at radius 1 is 1.35 bits per heavy atom. The molecule has 1 fully saturated rings. The van der Waals surface area contributed by atoms with Crippen LogP contribution in [0.25, 0.3) is 0 Å². The fourth-order valence-corrected chi connectivity index (χ4v) is 2.29. The quantitative estimate of drug-likeness (QED) is 0.871. The number of carbonyl (C=O) groups is 1. The molecule has 20 heavy (non-hydrogen) atoms. The first-order valence-electron chi connectivity index (χ1n) is 6.86. The van der Waals surface area contributed by atoms with E-state index in [2.05, 4.69) is 24.5 Å². The van der Waals surface area contributed by atoms with E-state index in [0.29, 0.717) is 19.0 Å². The Bertz CT molecular complexity index is 506. The van der Waals surface area contributed by atoms with Gasteiger partial charge >= 0.3 is 0 Å². The third-order valence-electron chi connectivity index (χ3n) is 3.88. The highest BCUT2D eigenvalue weighted by atomic mass is 19.1. The van der Waals surface area contributed by atoms with Gasteiger partial charge in [0.2, 0.25) is 0 Å². The van der Waals surface area contributed by atoms with Crippen molar-refractivity contribution in [2.45, 2.75) is 27.2 Å². The zero-order valence-electron chi connectivity index (χ0n) is 12.0. The molecule has 1 saturated carbocycles. The normalized spacial score (nSPS) is 19.6. The first-order chi connectivity index (χ1) is 9.35. The lowest BCUT2D eigenvalue weighted by Gasteiger charge is -2.10. The molecule has 0 radical (unpaired) electrons. The lowest BCUT2D eigenvalue weighted by Crippen LogP contribution is -2.27. The van der Waals surface area contributed by atoms with Crippen LogP contribution in [-0.2, 0) is 0 Å². The van der Waals surface area contributed by atoms with Crippen molar-refractivity contribution < 1.29 is 13.6 Å². The molecule has 1 aromatic rings. The number of halogens is 2. The van der Waals surface area contributed by atoms with Gasteiger partial charge in [-0.25, -0.2) is 8.78 Å². The van der Waals surface area contributed by atoms with E-state index < -0.39 is 17.5 Å². The van der Waals surface area contributed by atoms with Crippen LogP contribution in [0.5, 0.6) is 0 Å². The maximum Gasteiger partial charge on any atom is 0.251 e. The Labute approximate surface area is 117 Å². The number of hydrogen-bond acceptors (Lipinski definition) is 2. The van der Waals surface area contributed by atoms with Crippen molar-refractivity contribution in [3.05, 3.63) is 29.3 Å². The Kier molecular flexibility index (Phi) is 3.97. The molecule has 1 atom stereocenters. The van der Waals surface area contributed by atoms with Gasteiger partial charge in [0.25, 0.3) is 5.91 Å². The predicted molar refractivity (Wildman–Crippen MR) is 74.7 cm³/mol. The minimum absolute atomic E-state index is 0.0140. The number of amides is 1. The van der Waals surface area contributed by atoms with Gasteiger partial charge in [-0.15, -0.1) is 0 Å². The van der Waals surface area contributed by atoms with Crippen molar-refractivity contribution in [3.8, 4) is 0 Å². The lowest BCUT2D eigenvalue weighted by atomic mass is 10.1. The van der Waals surface area contributed by atoms with Crippen LogP contribution in [0, 0.1) is 23.0 Å². The molecule has 2 N–H and O–H groups in total. The predicted octanol–water partition coefficient (Wildman–Crippen LogP) is 3.17. The summed E-state index contributed by atoms with van der Waals surface area (Å²) in [6, 6.07) is 2.13. The monoisotopic (exact) mass is 282 g/mol. The van der Waals surface area contributed by atoms with E-state index in [1.807, 2.05) is 0 Å². The highest BCUT2D eigenvalue weighted by Crippen LogP contribution is 2.50. The zero-order valence-corrected chi connectivity index (χ0v) is 12.0. The van der Waals surface area contributed by atoms with Gasteiger partial charge < -0.3 is 10.6 Å². The largest absolute Gasteiger partial charge is 0.381 e. The third-order valence-corrected chi connectivity index (χ3v) is 3.88. The number of rotatable bonds is 5. The molecule has 1 aromatic carbocycles. The molecule has 0 bridgehead atoms. The van der Waals surface area contributed by atoms with Crippen molar-refractivity contribution in [2.75, 3.05) is 18.4 Å². The number of benzene rings is 1. The number of hydrogen-bond donors (Lipinski definition) is 2. The second kappa shape index (κ2) is 5.38. The average molecular weight is 282 g/mol. The van der Waals surface area contributed by atoms with Crippen molar-refractivity contribution in [3.63, 3.8) is 0 Å². The molecule has 0 aliphatic heterocycles. The summed E-state index contributed by atoms with van der Waals surface area (Å²) < 4.78 is 27.4. The topological polar surface area (TPSA) is 41.1 Å². The molecule has 110 valence electrons. The van der Waals surface area contributed by atoms with Gasteiger partial charge in [-0.2, -0.15) is 0 Å². The summed E-state index contributed by atoms with van der Waals surface area (Å²) in [5.41, 5.74) is 0.0890. The molecular formula is C15H20F2N2O. The van der Waals surface area contributed by atoms with Gasteiger partial charge in [-0.1, -0.05) is 13.8 Å². The summed E-state index contributed by atoms with van der Waals surface area (Å²) >= 11 is 0. The van der Waals surface area contributed by atoms with Crippen molar-refractivity contribution >= 4 is 11.6 Å². The fraction of sp³-hybridized carbons (Fsp3) is 0.533. The Morgan fingerprint density at radius 2 is 1.90 bits per heavy atom. The SMILES string of the molecule is CCNc1c(F)cc(C(=O)NCC2CC2(C)C)cc1F. The molecule has 2 rings (SSSR count). The molecule has 1 amide bonds. The second-order valence-electron chi connectivity index (χ2n) is 5.94. The van der Waals surface area contributed by atoms with Crippen molar-refractivity contribution in [1.82, 2.24) is 5.32 Å². The summed E-state index contributed by atoms with van der Waals surface area (Å²) in [6.45, 7) is 6.97. The van der Waals surface area contributed by atoms with E-state index >= 15 is 0 Å². The van der Waals surface area contributed by atoms with Gasteiger partial charge in [0.15, 0.2) is 0 Å². The maximum atomic E-state index is 13.7. The molecule has 0 saturated heterocycles. The van der Waals surface area contributed by atoms with Crippen molar-refractivity contribution in [2.24, 2.45) is 11.3 Å². The second-order valence-corrected chi connectivity index (χ2v) is 5.94. The maximum absolute atomic E-state index is 13.7. The Balaban J connectivity index is 2.03. The van der Waals surface area contributed by atoms with Crippen molar-refractivity contribution in [1.29, 1.82) is 0 Å². The van der Waals surface area contributed by atoms with E-state index in [9.17, 15) is 13.6 Å². The minimum atomic E-state index is -0.747. The first-order valence-corrected chi connectivity index (χ1v) is 6.86. The van der Waals surface area contributed by atoms with Crippen LogP contribution in [0.3, 0.4) is 0 Å². The van der Waals surface area contributed by atoms with Crippen LogP contribution >= 0.6 is 0 Å². The van der Waals surface area contributed by atoms with Gasteiger partial charge in [-0.05, 0) is 36.8 Å². The molecular weight excluding hydrogens is 262 g/mol. The van der Waals surface area contributed by atoms with Crippen LogP contribution in [0.2, 0.25) is 0 Å². The van der Waals surface area contributed by atoms with Gasteiger partial charge in [0.05, 0.1) is 0 Å². The van der Waals surface area contributed by atoms with E-state index in [1.165, 1.54) is 0 Å². The van der Waals surface area contributed by atoms with E-state index in [4.69, 9.17) is 0 Å². The molecule has 0 aromatic heterocycles. The molecule has 1 aliphatic rings. The van der Waals surface area contributed by atoms with Crippen LogP contribution in [0.15, 0.2) is 12.1 Å². The standard InChI is InChI=1S/C15H20F2N2O/c1-4-18-13-11(16)5-9(6-12(13)17)14(20)19-8-10-7-15(10,2)3/h5-6,10,18H,4,7-8H2,1-3H3,(H,19,20). The number of anilines is 1. The van der Waals surface area contributed by atoms with E-state index in [1.54, 1.807) is 6.92 Å². The van der Waals surface area contributed by atoms with E-state index in [0.717, 1.165) is 18.6 Å². The highest BCUT2D eigenvalue weighted by Gasteiger charge is 2.45. The highest BCUT2D eigenvalue weighted by molar-refractivity contribution is 5.94. The van der Waals surface area contributed by atoms with Gasteiger partial charge in [-0.3, -0.25) is 4.79 Å². The van der Waals surface area contributed by atoms with Crippen LogP contribution in [0.1, 0.15) is 37.6 Å². The van der Waals surface area contributed by atoms with Gasteiger partial charge in [0, 0.05) is 18.7 Å². The van der Waals surface area contributed by atoms with E-state index in [-0.39, 0.29) is 16.7 Å². The number of carbonyl (C=O) groups excluding carboxylic acids is 1. The summed E-state index contributed by atoms with van der Waals surface area (Å²) in [7, 11) is 0. The molecule has 3 nitrogen and oxygen atoms in total. The summed E-state index contributed by atoms with van der Waals surface area (Å²) in [4.78, 5) is 11.9. The Morgan fingerprint density at radius 3 is 2.35 bits per heavy atom. The first kappa shape index (κ1) is 14.8. The molecule has 1 unspecified atom stereocenters. The molecule has 5 heteroatoms. The fourth-order valence-electron chi connectivity index (χ4n) is 2.29. The lowest BCUT2D eigenvalue weighted by molar-refractivity contribution is 0.0949. The van der Waals surface area contributed by atoms with Crippen LogP contribution < -0.4 is 10.6 Å². The van der Waals surface area contributed by atoms with Gasteiger partial charge in [0.1, 0.15) is 17.3 Å². The van der Waals surface area contributed by atoms with Crippen LogP contribution in [-0.4, -0.2) is 19.0 Å². The summed E-state index contributed by atoms with van der Waals surface area (Å²) in [5, 5.41) is 5.33. The molecule has 1 aliphatic carbocycles. The minimum Gasteiger partial charge on any atom is -0.381 e. The summed E-state index contributed by atoms with van der Waals surface area (Å²) in [5.74, 6) is -1.48. The van der Waals surface area contributed by atoms with Crippen LogP contribution in [0.4, 0.5) is 14.5 Å². The average Bonchev–Trinajstić information content (AvgIpc) is 2.98. The zero-order chi connectivity index (χ0) is 14.9. The Hall–Kier alpha value is -1.65. The number of nitrogens with one attached hydrogen (secondary N) is 2. The molecule has 0 spiro atoms.